The lowest BCUT2D eigenvalue weighted by atomic mass is 10.1. The second-order valence-electron chi connectivity index (χ2n) is 6.15. The van der Waals surface area contributed by atoms with Crippen molar-refractivity contribution in [1.82, 2.24) is 9.97 Å². The molecule has 0 saturated carbocycles. The highest BCUT2D eigenvalue weighted by Crippen LogP contribution is 2.33. The van der Waals surface area contributed by atoms with E-state index in [1.807, 2.05) is 31.2 Å². The molecular weight excluding hydrogens is 422 g/mol. The topological polar surface area (TPSA) is 80.7 Å². The second kappa shape index (κ2) is 7.44. The van der Waals surface area contributed by atoms with Gasteiger partial charge in [0.2, 0.25) is 5.89 Å². The number of halogens is 1. The molecule has 0 aliphatic carbocycles. The largest absolute Gasteiger partial charge is 0.504 e. The van der Waals surface area contributed by atoms with Gasteiger partial charge in [0.05, 0.1) is 12.8 Å². The summed E-state index contributed by atoms with van der Waals surface area (Å²) in [6.07, 6.45) is 3.28. The second-order valence-corrected chi connectivity index (χ2v) is 7.07. The van der Waals surface area contributed by atoms with Crippen LogP contribution in [0.15, 0.2) is 62.5 Å². The number of hydrogen-bond acceptors (Lipinski definition) is 6. The Kier molecular flexibility index (Phi) is 4.83. The zero-order valence-corrected chi connectivity index (χ0v) is 16.8. The summed E-state index contributed by atoms with van der Waals surface area (Å²) in [6.45, 7) is 1.96. The Bertz CT molecular complexity index is 1170. The Labute approximate surface area is 169 Å². The first-order valence-corrected chi connectivity index (χ1v) is 9.27. The SMILES string of the molecule is COc1cc(Br)cc(C=Nc2cc(-c3nc4ncccc4o3)ccc2C)c1O. The van der Waals surface area contributed by atoms with Crippen LogP contribution >= 0.6 is 15.9 Å². The maximum atomic E-state index is 10.3. The van der Waals surface area contributed by atoms with Gasteiger partial charge in [0, 0.05) is 28.0 Å². The number of phenolic OH excluding ortho intramolecular Hbond substituents is 1. The van der Waals surface area contributed by atoms with E-state index in [1.54, 1.807) is 30.6 Å². The molecule has 4 rings (SSSR count). The first kappa shape index (κ1) is 18.2. The quantitative estimate of drug-likeness (QED) is 0.430. The number of methoxy groups -OCH3 is 1. The van der Waals surface area contributed by atoms with Gasteiger partial charge in [-0.1, -0.05) is 22.0 Å². The minimum Gasteiger partial charge on any atom is -0.504 e. The standard InChI is InChI=1S/C21H16BrN3O3/c1-12-5-6-13(21-25-20-17(28-21)4-3-7-23-20)9-16(12)24-11-14-8-15(22)10-18(27-2)19(14)26/h3-11,26H,1-2H3. The van der Waals surface area contributed by atoms with Crippen LogP contribution in [0.3, 0.4) is 0 Å². The number of oxazole rings is 1. The molecule has 0 spiro atoms. The van der Waals surface area contributed by atoms with E-state index >= 15 is 0 Å². The number of aromatic hydroxyl groups is 1. The van der Waals surface area contributed by atoms with Gasteiger partial charge in [0.15, 0.2) is 22.7 Å². The van der Waals surface area contributed by atoms with Crippen LogP contribution in [0.5, 0.6) is 11.5 Å². The molecule has 2 aromatic carbocycles. The van der Waals surface area contributed by atoms with Crippen molar-refractivity contribution < 1.29 is 14.3 Å². The molecule has 0 aliphatic rings. The fourth-order valence-corrected chi connectivity index (χ4v) is 3.22. The molecule has 28 heavy (non-hydrogen) atoms. The van der Waals surface area contributed by atoms with E-state index in [4.69, 9.17) is 9.15 Å². The van der Waals surface area contributed by atoms with E-state index in [9.17, 15) is 5.11 Å². The Hall–Kier alpha value is -3.19. The van der Waals surface area contributed by atoms with E-state index in [1.165, 1.54) is 7.11 Å². The minimum absolute atomic E-state index is 0.0354. The molecule has 0 saturated heterocycles. The third-order valence-corrected chi connectivity index (χ3v) is 4.71. The van der Waals surface area contributed by atoms with E-state index in [2.05, 4.69) is 30.9 Å². The summed E-state index contributed by atoms with van der Waals surface area (Å²) < 4.78 is 11.8. The average molecular weight is 438 g/mol. The summed E-state index contributed by atoms with van der Waals surface area (Å²) >= 11 is 3.41. The summed E-state index contributed by atoms with van der Waals surface area (Å²) in [7, 11) is 1.51. The predicted molar refractivity (Wildman–Crippen MR) is 112 cm³/mol. The lowest BCUT2D eigenvalue weighted by Gasteiger charge is -2.07. The number of ether oxygens (including phenoxy) is 1. The molecule has 7 heteroatoms. The van der Waals surface area contributed by atoms with Crippen molar-refractivity contribution in [3.63, 3.8) is 0 Å². The van der Waals surface area contributed by atoms with Crippen LogP contribution in [0.25, 0.3) is 22.7 Å². The first-order chi connectivity index (χ1) is 13.5. The number of aliphatic imine (C=N–C) groups is 1. The third-order valence-electron chi connectivity index (χ3n) is 4.25. The van der Waals surface area contributed by atoms with Gasteiger partial charge < -0.3 is 14.3 Å². The summed E-state index contributed by atoms with van der Waals surface area (Å²) in [5.41, 5.74) is 4.26. The van der Waals surface area contributed by atoms with Crippen LogP contribution in [0.4, 0.5) is 5.69 Å². The molecule has 0 bridgehead atoms. The zero-order chi connectivity index (χ0) is 19.7. The minimum atomic E-state index is 0.0354. The average Bonchev–Trinajstić information content (AvgIpc) is 3.13. The third kappa shape index (κ3) is 3.48. The molecule has 1 N–H and O–H groups in total. The van der Waals surface area contributed by atoms with Gasteiger partial charge in [-0.05, 0) is 48.9 Å². The van der Waals surface area contributed by atoms with Crippen LogP contribution < -0.4 is 4.74 Å². The molecule has 2 heterocycles. The molecule has 0 amide bonds. The zero-order valence-electron chi connectivity index (χ0n) is 15.2. The van der Waals surface area contributed by atoms with Crippen molar-refractivity contribution in [3.05, 3.63) is 64.3 Å². The summed E-state index contributed by atoms with van der Waals surface area (Å²) in [5, 5.41) is 10.3. The van der Waals surface area contributed by atoms with Crippen molar-refractivity contribution in [2.45, 2.75) is 6.92 Å². The van der Waals surface area contributed by atoms with E-state index < -0.39 is 0 Å². The number of fused-ring (bicyclic) bond motifs is 1. The van der Waals surface area contributed by atoms with Gasteiger partial charge >= 0.3 is 0 Å². The molecule has 2 aromatic heterocycles. The molecule has 140 valence electrons. The maximum absolute atomic E-state index is 10.3. The van der Waals surface area contributed by atoms with E-state index in [0.29, 0.717) is 28.4 Å². The van der Waals surface area contributed by atoms with Crippen LogP contribution in [0, 0.1) is 6.92 Å². The Morgan fingerprint density at radius 1 is 1.21 bits per heavy atom. The highest BCUT2D eigenvalue weighted by molar-refractivity contribution is 9.10. The lowest BCUT2D eigenvalue weighted by Crippen LogP contribution is -1.89. The van der Waals surface area contributed by atoms with Crippen LogP contribution in [0.1, 0.15) is 11.1 Å². The molecule has 0 aliphatic heterocycles. The highest BCUT2D eigenvalue weighted by Gasteiger charge is 2.11. The van der Waals surface area contributed by atoms with Crippen LogP contribution in [0.2, 0.25) is 0 Å². The van der Waals surface area contributed by atoms with Gasteiger partial charge in [0.25, 0.3) is 0 Å². The van der Waals surface area contributed by atoms with Gasteiger partial charge in [-0.2, -0.15) is 4.98 Å². The summed E-state index contributed by atoms with van der Waals surface area (Å²) in [5.74, 6) is 0.894. The lowest BCUT2D eigenvalue weighted by molar-refractivity contribution is 0.373. The Morgan fingerprint density at radius 2 is 2.07 bits per heavy atom. The molecule has 0 fully saturated rings. The predicted octanol–water partition coefficient (Wildman–Crippen LogP) is 5.43. The number of nitrogens with zero attached hydrogens (tertiary/aromatic N) is 3. The summed E-state index contributed by atoms with van der Waals surface area (Å²) in [4.78, 5) is 13.2. The van der Waals surface area contributed by atoms with Gasteiger partial charge in [-0.3, -0.25) is 4.99 Å². The molecule has 0 unspecified atom stereocenters. The number of benzene rings is 2. The van der Waals surface area contributed by atoms with E-state index in [0.717, 1.165) is 21.3 Å². The molecule has 0 radical (unpaired) electrons. The molecule has 6 nitrogen and oxygen atoms in total. The highest BCUT2D eigenvalue weighted by atomic mass is 79.9. The molecular formula is C21H16BrN3O3. The monoisotopic (exact) mass is 437 g/mol. The summed E-state index contributed by atoms with van der Waals surface area (Å²) in [6, 6.07) is 12.9. The number of phenols is 1. The van der Waals surface area contributed by atoms with Crippen molar-refractivity contribution >= 4 is 39.1 Å². The molecule has 4 aromatic rings. The fraction of sp³-hybridized carbons (Fsp3) is 0.0952. The number of pyridine rings is 1. The Balaban J connectivity index is 1.72. The fourth-order valence-electron chi connectivity index (χ4n) is 2.76. The first-order valence-electron chi connectivity index (χ1n) is 8.48. The van der Waals surface area contributed by atoms with Crippen LogP contribution in [-0.4, -0.2) is 28.4 Å². The van der Waals surface area contributed by atoms with Crippen molar-refractivity contribution in [2.75, 3.05) is 7.11 Å². The van der Waals surface area contributed by atoms with Crippen molar-refractivity contribution in [2.24, 2.45) is 4.99 Å². The van der Waals surface area contributed by atoms with Gasteiger partial charge in [0.1, 0.15) is 0 Å². The number of rotatable bonds is 4. The molecule has 0 atom stereocenters. The van der Waals surface area contributed by atoms with Crippen molar-refractivity contribution in [1.29, 1.82) is 0 Å². The number of hydrogen-bond donors (Lipinski definition) is 1. The van der Waals surface area contributed by atoms with Crippen LogP contribution in [-0.2, 0) is 0 Å². The Morgan fingerprint density at radius 3 is 2.86 bits per heavy atom. The normalized spacial score (nSPS) is 11.4. The smallest absolute Gasteiger partial charge is 0.228 e. The van der Waals surface area contributed by atoms with Gasteiger partial charge in [-0.25, -0.2) is 4.98 Å². The van der Waals surface area contributed by atoms with Crippen molar-refractivity contribution in [3.8, 4) is 23.0 Å². The number of aryl methyl sites for hydroxylation is 1. The maximum Gasteiger partial charge on any atom is 0.228 e. The van der Waals surface area contributed by atoms with E-state index in [-0.39, 0.29) is 5.75 Å². The number of aromatic nitrogens is 2. The van der Waals surface area contributed by atoms with Gasteiger partial charge in [-0.15, -0.1) is 0 Å².